The Balaban J connectivity index is 2.53. The molecule has 2 unspecified atom stereocenters. The molecule has 0 aromatic heterocycles. The number of hydrogen-bond acceptors (Lipinski definition) is 3. The Labute approximate surface area is 132 Å². The van der Waals surface area contributed by atoms with Crippen molar-refractivity contribution in [2.75, 3.05) is 6.54 Å². The van der Waals surface area contributed by atoms with Gasteiger partial charge in [-0.3, -0.25) is 4.79 Å². The van der Waals surface area contributed by atoms with Crippen LogP contribution in [0.5, 0.6) is 5.75 Å². The number of halogens is 2. The van der Waals surface area contributed by atoms with E-state index in [2.05, 4.69) is 21.2 Å². The first kappa shape index (κ1) is 17.3. The summed E-state index contributed by atoms with van der Waals surface area (Å²) in [5.74, 6) is 0.366. The lowest BCUT2D eigenvalue weighted by Crippen LogP contribution is -2.41. The molecule has 2 atom stereocenters. The van der Waals surface area contributed by atoms with Crippen molar-refractivity contribution in [2.45, 2.75) is 33.0 Å². The molecule has 1 aromatic carbocycles. The minimum atomic E-state index is -0.660. The zero-order chi connectivity index (χ0) is 15.3. The van der Waals surface area contributed by atoms with E-state index >= 15 is 0 Å². The third kappa shape index (κ3) is 5.31. The molecule has 0 bridgehead atoms. The highest BCUT2D eigenvalue weighted by Gasteiger charge is 2.18. The summed E-state index contributed by atoms with van der Waals surface area (Å²) in [7, 11) is 0. The van der Waals surface area contributed by atoms with Crippen LogP contribution in [0.1, 0.15) is 20.8 Å². The van der Waals surface area contributed by atoms with E-state index in [1.54, 1.807) is 25.1 Å². The lowest BCUT2D eigenvalue weighted by Gasteiger charge is -2.19. The molecule has 0 spiro atoms. The van der Waals surface area contributed by atoms with Gasteiger partial charge in [0, 0.05) is 11.6 Å². The van der Waals surface area contributed by atoms with Gasteiger partial charge in [-0.05, 0) is 47.0 Å². The summed E-state index contributed by atoms with van der Waals surface area (Å²) in [6.07, 6.45) is -1.22. The standard InChI is InChI=1S/C14H19BrClNO3/c1-8(2)12(18)7-17-14(19)9(3)20-13-5-4-10(16)6-11(13)15/h4-6,8-9,12,18H,7H2,1-3H3,(H,17,19). The number of nitrogens with one attached hydrogen (secondary N) is 1. The summed E-state index contributed by atoms with van der Waals surface area (Å²) in [6.45, 7) is 5.65. The van der Waals surface area contributed by atoms with E-state index in [9.17, 15) is 9.90 Å². The molecular formula is C14H19BrClNO3. The summed E-state index contributed by atoms with van der Waals surface area (Å²) in [5, 5.41) is 12.9. The number of carbonyl (C=O) groups excluding carboxylic acids is 1. The normalized spacial score (nSPS) is 13.9. The number of aliphatic hydroxyl groups is 1. The van der Waals surface area contributed by atoms with Gasteiger partial charge in [0.2, 0.25) is 0 Å². The van der Waals surface area contributed by atoms with Crippen LogP contribution >= 0.6 is 27.5 Å². The maximum Gasteiger partial charge on any atom is 0.260 e. The first-order valence-corrected chi connectivity index (χ1v) is 7.55. The van der Waals surface area contributed by atoms with Gasteiger partial charge in [0.1, 0.15) is 5.75 Å². The summed E-state index contributed by atoms with van der Waals surface area (Å²) in [5.41, 5.74) is 0. The van der Waals surface area contributed by atoms with Crippen LogP contribution in [0.3, 0.4) is 0 Å². The van der Waals surface area contributed by atoms with Crippen LogP contribution in [-0.4, -0.2) is 29.8 Å². The highest BCUT2D eigenvalue weighted by Crippen LogP contribution is 2.28. The largest absolute Gasteiger partial charge is 0.480 e. The van der Waals surface area contributed by atoms with Crippen molar-refractivity contribution in [3.05, 3.63) is 27.7 Å². The predicted octanol–water partition coefficient (Wildman–Crippen LogP) is 3.00. The Kier molecular flexibility index (Phi) is 6.79. The van der Waals surface area contributed by atoms with Crippen molar-refractivity contribution in [2.24, 2.45) is 5.92 Å². The van der Waals surface area contributed by atoms with Gasteiger partial charge in [-0.2, -0.15) is 0 Å². The smallest absolute Gasteiger partial charge is 0.260 e. The van der Waals surface area contributed by atoms with E-state index in [4.69, 9.17) is 16.3 Å². The Morgan fingerprint density at radius 1 is 1.45 bits per heavy atom. The van der Waals surface area contributed by atoms with E-state index in [0.29, 0.717) is 15.2 Å². The van der Waals surface area contributed by atoms with Gasteiger partial charge in [0.25, 0.3) is 5.91 Å². The number of rotatable bonds is 6. The van der Waals surface area contributed by atoms with Crippen molar-refractivity contribution in [1.29, 1.82) is 0 Å². The van der Waals surface area contributed by atoms with Crippen LogP contribution in [0.25, 0.3) is 0 Å². The molecule has 2 N–H and O–H groups in total. The molecule has 1 rings (SSSR count). The topological polar surface area (TPSA) is 58.6 Å². The first-order chi connectivity index (χ1) is 9.31. The number of hydrogen-bond donors (Lipinski definition) is 2. The third-order valence-corrected chi connectivity index (χ3v) is 3.68. The third-order valence-electron chi connectivity index (χ3n) is 2.82. The molecule has 0 aliphatic heterocycles. The fourth-order valence-corrected chi connectivity index (χ4v) is 2.18. The second-order valence-corrected chi connectivity index (χ2v) is 6.18. The van der Waals surface area contributed by atoms with E-state index in [1.807, 2.05) is 13.8 Å². The molecule has 0 aliphatic carbocycles. The number of benzene rings is 1. The minimum absolute atomic E-state index is 0.0944. The molecule has 4 nitrogen and oxygen atoms in total. The highest BCUT2D eigenvalue weighted by atomic mass is 79.9. The molecule has 1 amide bonds. The maximum atomic E-state index is 11.9. The van der Waals surface area contributed by atoms with Crippen LogP contribution in [0.2, 0.25) is 5.02 Å². The lowest BCUT2D eigenvalue weighted by molar-refractivity contribution is -0.127. The number of carbonyl (C=O) groups is 1. The van der Waals surface area contributed by atoms with Crippen LogP contribution < -0.4 is 10.1 Å². The molecule has 1 aromatic rings. The molecule has 0 saturated carbocycles. The number of aliphatic hydroxyl groups excluding tert-OH is 1. The van der Waals surface area contributed by atoms with Crippen molar-refractivity contribution in [3.8, 4) is 5.75 Å². The van der Waals surface area contributed by atoms with E-state index in [1.165, 1.54) is 0 Å². The summed E-state index contributed by atoms with van der Waals surface area (Å²) >= 11 is 9.16. The maximum absolute atomic E-state index is 11.9. The van der Waals surface area contributed by atoms with Gasteiger partial charge in [0.05, 0.1) is 10.6 Å². The molecule has 0 saturated heterocycles. The van der Waals surface area contributed by atoms with Gasteiger partial charge in [-0.25, -0.2) is 0 Å². The van der Waals surface area contributed by atoms with Crippen molar-refractivity contribution in [1.82, 2.24) is 5.32 Å². The zero-order valence-electron chi connectivity index (χ0n) is 11.7. The zero-order valence-corrected chi connectivity index (χ0v) is 14.0. The first-order valence-electron chi connectivity index (χ1n) is 6.38. The van der Waals surface area contributed by atoms with E-state index in [-0.39, 0.29) is 18.4 Å². The molecule has 0 radical (unpaired) electrons. The molecule has 6 heteroatoms. The second kappa shape index (κ2) is 7.86. The average Bonchev–Trinajstić information content (AvgIpc) is 2.38. The summed E-state index contributed by atoms with van der Waals surface area (Å²) in [6, 6.07) is 5.08. The van der Waals surface area contributed by atoms with Gasteiger partial charge in [-0.1, -0.05) is 25.4 Å². The summed E-state index contributed by atoms with van der Waals surface area (Å²) in [4.78, 5) is 11.9. The Morgan fingerprint density at radius 3 is 2.65 bits per heavy atom. The van der Waals surface area contributed by atoms with E-state index < -0.39 is 12.2 Å². The number of amides is 1. The molecule has 112 valence electrons. The molecular weight excluding hydrogens is 346 g/mol. The van der Waals surface area contributed by atoms with Gasteiger partial charge < -0.3 is 15.2 Å². The van der Waals surface area contributed by atoms with E-state index in [0.717, 1.165) is 0 Å². The highest BCUT2D eigenvalue weighted by molar-refractivity contribution is 9.10. The predicted molar refractivity (Wildman–Crippen MR) is 83.1 cm³/mol. The number of ether oxygens (including phenoxy) is 1. The van der Waals surface area contributed by atoms with Crippen molar-refractivity contribution < 1.29 is 14.6 Å². The van der Waals surface area contributed by atoms with Crippen molar-refractivity contribution >= 4 is 33.4 Å². The molecule has 0 heterocycles. The van der Waals surface area contributed by atoms with Crippen LogP contribution in [0, 0.1) is 5.92 Å². The summed E-state index contributed by atoms with van der Waals surface area (Å²) < 4.78 is 6.24. The van der Waals surface area contributed by atoms with Gasteiger partial charge in [0.15, 0.2) is 6.10 Å². The average molecular weight is 365 g/mol. The SMILES string of the molecule is CC(Oc1ccc(Cl)cc1Br)C(=O)NCC(O)C(C)C. The fourth-order valence-electron chi connectivity index (χ4n) is 1.40. The lowest BCUT2D eigenvalue weighted by atomic mass is 10.1. The minimum Gasteiger partial charge on any atom is -0.480 e. The monoisotopic (exact) mass is 363 g/mol. The second-order valence-electron chi connectivity index (χ2n) is 4.89. The van der Waals surface area contributed by atoms with Gasteiger partial charge >= 0.3 is 0 Å². The molecule has 20 heavy (non-hydrogen) atoms. The Bertz CT molecular complexity index is 468. The van der Waals surface area contributed by atoms with Crippen LogP contribution in [0.15, 0.2) is 22.7 Å². The molecule has 0 fully saturated rings. The van der Waals surface area contributed by atoms with Crippen LogP contribution in [0.4, 0.5) is 0 Å². The quantitative estimate of drug-likeness (QED) is 0.816. The Morgan fingerprint density at radius 2 is 2.10 bits per heavy atom. The Hall–Kier alpha value is -0.780. The van der Waals surface area contributed by atoms with Crippen molar-refractivity contribution in [3.63, 3.8) is 0 Å². The molecule has 0 aliphatic rings. The van der Waals surface area contributed by atoms with Crippen LogP contribution in [-0.2, 0) is 4.79 Å². The van der Waals surface area contributed by atoms with Gasteiger partial charge in [-0.15, -0.1) is 0 Å². The fraction of sp³-hybridized carbons (Fsp3) is 0.500.